The zero-order chi connectivity index (χ0) is 12.3. The summed E-state index contributed by atoms with van der Waals surface area (Å²) in [6.07, 6.45) is 0. The summed E-state index contributed by atoms with van der Waals surface area (Å²) in [5, 5.41) is 0. The Labute approximate surface area is 104 Å². The van der Waals surface area contributed by atoms with Crippen molar-refractivity contribution in [3.05, 3.63) is 21.7 Å². The van der Waals surface area contributed by atoms with Gasteiger partial charge in [0.2, 0.25) is 0 Å². The smallest absolute Gasteiger partial charge is 0.358 e. The van der Waals surface area contributed by atoms with Gasteiger partial charge in [0.05, 0.1) is 18.0 Å². The Hall–Kier alpha value is -0.970. The molecule has 0 aliphatic rings. The van der Waals surface area contributed by atoms with E-state index in [-0.39, 0.29) is 11.6 Å². The van der Waals surface area contributed by atoms with Crippen LogP contribution in [0.3, 0.4) is 0 Å². The fourth-order valence-corrected chi connectivity index (χ4v) is 2.00. The molecule has 88 valence electrons. The van der Waals surface area contributed by atoms with E-state index in [1.54, 1.807) is 13.8 Å². The van der Waals surface area contributed by atoms with Crippen LogP contribution in [0.25, 0.3) is 0 Å². The summed E-state index contributed by atoms with van der Waals surface area (Å²) in [7, 11) is 0. The molecule has 0 saturated carbocycles. The van der Waals surface area contributed by atoms with Crippen LogP contribution in [0, 0.1) is 6.92 Å². The number of carbonyl (C=O) groups is 1. The molecule has 0 aromatic carbocycles. The molecule has 1 heterocycles. The minimum Gasteiger partial charge on any atom is -0.461 e. The SMILES string of the molecule is CCOC(=O)c1nc(Br)c(C(C)C)nc1C. The number of aromatic nitrogens is 2. The lowest BCUT2D eigenvalue weighted by molar-refractivity contribution is 0.0517. The molecule has 0 N–H and O–H groups in total. The minimum absolute atomic E-state index is 0.261. The molecule has 1 aromatic heterocycles. The first-order chi connectivity index (χ1) is 7.47. The molecule has 0 unspecified atom stereocenters. The third-order valence-electron chi connectivity index (χ3n) is 2.07. The van der Waals surface area contributed by atoms with Crippen LogP contribution in [-0.2, 0) is 4.74 Å². The zero-order valence-corrected chi connectivity index (χ0v) is 11.5. The highest BCUT2D eigenvalue weighted by molar-refractivity contribution is 9.10. The Bertz CT molecular complexity index is 405. The van der Waals surface area contributed by atoms with Crippen LogP contribution in [0.1, 0.15) is 48.6 Å². The maximum atomic E-state index is 11.6. The van der Waals surface area contributed by atoms with E-state index in [0.717, 1.165) is 5.69 Å². The molecule has 0 aliphatic carbocycles. The summed E-state index contributed by atoms with van der Waals surface area (Å²) in [6.45, 7) is 7.91. The van der Waals surface area contributed by atoms with Crippen molar-refractivity contribution in [3.8, 4) is 0 Å². The van der Waals surface area contributed by atoms with Gasteiger partial charge < -0.3 is 4.74 Å². The lowest BCUT2D eigenvalue weighted by Gasteiger charge is -2.10. The third-order valence-corrected chi connectivity index (χ3v) is 2.65. The average molecular weight is 287 g/mol. The lowest BCUT2D eigenvalue weighted by Crippen LogP contribution is -2.13. The van der Waals surface area contributed by atoms with Gasteiger partial charge in [-0.3, -0.25) is 4.98 Å². The van der Waals surface area contributed by atoms with Crippen molar-refractivity contribution in [2.45, 2.75) is 33.6 Å². The minimum atomic E-state index is -0.427. The van der Waals surface area contributed by atoms with Crippen LogP contribution < -0.4 is 0 Å². The molecule has 4 nitrogen and oxygen atoms in total. The highest BCUT2D eigenvalue weighted by atomic mass is 79.9. The number of ether oxygens (including phenoxy) is 1. The summed E-state index contributed by atoms with van der Waals surface area (Å²) >= 11 is 3.32. The summed E-state index contributed by atoms with van der Waals surface area (Å²) in [6, 6.07) is 0. The van der Waals surface area contributed by atoms with Crippen molar-refractivity contribution in [2.24, 2.45) is 0 Å². The second kappa shape index (κ2) is 5.39. The van der Waals surface area contributed by atoms with E-state index in [9.17, 15) is 4.79 Å². The van der Waals surface area contributed by atoms with Crippen molar-refractivity contribution in [1.29, 1.82) is 0 Å². The van der Waals surface area contributed by atoms with Crippen molar-refractivity contribution in [2.75, 3.05) is 6.61 Å². The van der Waals surface area contributed by atoms with E-state index in [1.165, 1.54) is 0 Å². The number of halogens is 1. The molecule has 0 aliphatic heterocycles. The third kappa shape index (κ3) is 2.78. The monoisotopic (exact) mass is 286 g/mol. The average Bonchev–Trinajstić information content (AvgIpc) is 2.20. The lowest BCUT2D eigenvalue weighted by atomic mass is 10.1. The first-order valence-corrected chi connectivity index (χ1v) is 5.97. The zero-order valence-electron chi connectivity index (χ0n) is 9.87. The van der Waals surface area contributed by atoms with Gasteiger partial charge in [-0.2, -0.15) is 0 Å². The number of esters is 1. The number of aryl methyl sites for hydroxylation is 1. The summed E-state index contributed by atoms with van der Waals surface area (Å²) in [5.41, 5.74) is 1.73. The molecule has 1 rings (SSSR count). The number of nitrogens with zero attached hydrogens (tertiary/aromatic N) is 2. The Kier molecular flexibility index (Phi) is 4.41. The van der Waals surface area contributed by atoms with Crippen LogP contribution in [0.2, 0.25) is 0 Å². The number of hydrogen-bond acceptors (Lipinski definition) is 4. The van der Waals surface area contributed by atoms with Crippen LogP contribution in [0.5, 0.6) is 0 Å². The van der Waals surface area contributed by atoms with Gasteiger partial charge >= 0.3 is 5.97 Å². The molecule has 0 fully saturated rings. The van der Waals surface area contributed by atoms with Gasteiger partial charge in [-0.15, -0.1) is 0 Å². The normalized spacial score (nSPS) is 10.6. The molecule has 0 saturated heterocycles. The first kappa shape index (κ1) is 13.1. The predicted molar refractivity (Wildman–Crippen MR) is 64.5 cm³/mol. The molecule has 0 atom stereocenters. The van der Waals surface area contributed by atoms with E-state index < -0.39 is 5.97 Å². The Morgan fingerprint density at radius 1 is 1.44 bits per heavy atom. The van der Waals surface area contributed by atoms with Gasteiger partial charge in [0.15, 0.2) is 5.69 Å². The van der Waals surface area contributed by atoms with E-state index in [0.29, 0.717) is 16.9 Å². The predicted octanol–water partition coefficient (Wildman–Crippen LogP) is 2.85. The van der Waals surface area contributed by atoms with Gasteiger partial charge in [0.25, 0.3) is 0 Å². The van der Waals surface area contributed by atoms with Crippen molar-refractivity contribution < 1.29 is 9.53 Å². The summed E-state index contributed by atoms with van der Waals surface area (Å²) in [4.78, 5) is 20.1. The topological polar surface area (TPSA) is 52.1 Å². The maximum Gasteiger partial charge on any atom is 0.358 e. The van der Waals surface area contributed by atoms with Crippen molar-refractivity contribution >= 4 is 21.9 Å². The molecular formula is C11H15BrN2O2. The summed E-state index contributed by atoms with van der Waals surface area (Å²) in [5.74, 6) is -0.166. The summed E-state index contributed by atoms with van der Waals surface area (Å²) < 4.78 is 5.51. The van der Waals surface area contributed by atoms with Gasteiger partial charge in [0, 0.05) is 0 Å². The second-order valence-electron chi connectivity index (χ2n) is 3.71. The quantitative estimate of drug-likeness (QED) is 0.802. The van der Waals surface area contributed by atoms with Crippen LogP contribution in [-0.4, -0.2) is 22.5 Å². The fraction of sp³-hybridized carbons (Fsp3) is 0.545. The van der Waals surface area contributed by atoms with Gasteiger partial charge in [-0.25, -0.2) is 9.78 Å². The Morgan fingerprint density at radius 3 is 2.56 bits per heavy atom. The highest BCUT2D eigenvalue weighted by Crippen LogP contribution is 2.22. The molecule has 5 heteroatoms. The van der Waals surface area contributed by atoms with Gasteiger partial charge in [-0.1, -0.05) is 13.8 Å². The van der Waals surface area contributed by atoms with E-state index in [1.807, 2.05) is 13.8 Å². The number of rotatable bonds is 3. The van der Waals surface area contributed by atoms with E-state index in [2.05, 4.69) is 25.9 Å². The number of carbonyl (C=O) groups excluding carboxylic acids is 1. The number of hydrogen-bond donors (Lipinski definition) is 0. The largest absolute Gasteiger partial charge is 0.461 e. The van der Waals surface area contributed by atoms with E-state index in [4.69, 9.17) is 4.74 Å². The van der Waals surface area contributed by atoms with Crippen LogP contribution >= 0.6 is 15.9 Å². The van der Waals surface area contributed by atoms with Crippen LogP contribution in [0.15, 0.2) is 4.60 Å². The van der Waals surface area contributed by atoms with E-state index >= 15 is 0 Å². The first-order valence-electron chi connectivity index (χ1n) is 5.18. The van der Waals surface area contributed by atoms with Crippen LogP contribution in [0.4, 0.5) is 0 Å². The molecule has 0 bridgehead atoms. The Balaban J connectivity index is 3.15. The van der Waals surface area contributed by atoms with Crippen molar-refractivity contribution in [1.82, 2.24) is 9.97 Å². The maximum absolute atomic E-state index is 11.6. The fourth-order valence-electron chi connectivity index (χ4n) is 1.28. The molecule has 16 heavy (non-hydrogen) atoms. The highest BCUT2D eigenvalue weighted by Gasteiger charge is 2.17. The van der Waals surface area contributed by atoms with Gasteiger partial charge in [0.1, 0.15) is 4.60 Å². The van der Waals surface area contributed by atoms with Crippen molar-refractivity contribution in [3.63, 3.8) is 0 Å². The second-order valence-corrected chi connectivity index (χ2v) is 4.46. The molecular weight excluding hydrogens is 272 g/mol. The molecule has 0 radical (unpaired) electrons. The standard InChI is InChI=1S/C11H15BrN2O2/c1-5-16-11(15)9-7(4)13-8(6(2)3)10(12)14-9/h6H,5H2,1-4H3. The van der Waals surface area contributed by atoms with Gasteiger partial charge in [-0.05, 0) is 35.7 Å². The molecule has 1 aromatic rings. The molecule has 0 spiro atoms. The Morgan fingerprint density at radius 2 is 2.06 bits per heavy atom. The molecule has 0 amide bonds.